The van der Waals surface area contributed by atoms with Gasteiger partial charge in [-0.1, -0.05) is 11.3 Å². The summed E-state index contributed by atoms with van der Waals surface area (Å²) in [6.07, 6.45) is 3.06. The fourth-order valence-corrected chi connectivity index (χ4v) is 3.57. The quantitative estimate of drug-likeness (QED) is 0.698. The molecule has 0 unspecified atom stereocenters. The Bertz CT molecular complexity index is 877. The van der Waals surface area contributed by atoms with Crippen LogP contribution in [0.1, 0.15) is 25.1 Å². The summed E-state index contributed by atoms with van der Waals surface area (Å²) in [5, 5.41) is 18.1. The Kier molecular flexibility index (Phi) is 4.14. The first-order valence-corrected chi connectivity index (χ1v) is 9.10. The van der Waals surface area contributed by atoms with Crippen molar-refractivity contribution >= 4 is 17.0 Å². The molecule has 0 amide bonds. The van der Waals surface area contributed by atoms with E-state index in [0.717, 1.165) is 40.9 Å². The largest absolute Gasteiger partial charge is 0.489 e. The van der Waals surface area contributed by atoms with E-state index in [4.69, 9.17) is 10.5 Å². The van der Waals surface area contributed by atoms with Crippen molar-refractivity contribution in [2.24, 2.45) is 0 Å². The Morgan fingerprint density at radius 2 is 2.20 bits per heavy atom. The van der Waals surface area contributed by atoms with Crippen LogP contribution in [0.15, 0.2) is 24.4 Å². The second kappa shape index (κ2) is 6.45. The lowest BCUT2D eigenvalue weighted by Gasteiger charge is -2.12. The molecule has 3 heterocycles. The molecule has 0 atom stereocenters. The van der Waals surface area contributed by atoms with Crippen LogP contribution in [-0.4, -0.2) is 32.6 Å². The molecule has 3 N–H and O–H groups in total. The lowest BCUT2D eigenvalue weighted by molar-refractivity contribution is 0.244. The number of nitrogens with one attached hydrogen (secondary N) is 1. The average molecular weight is 356 g/mol. The predicted molar refractivity (Wildman–Crippen MR) is 98.1 cm³/mol. The molecule has 1 aromatic carbocycles. The second-order valence-corrected chi connectivity index (χ2v) is 7.24. The number of anilines is 1. The Hall–Kier alpha value is -2.45. The van der Waals surface area contributed by atoms with Crippen molar-refractivity contribution < 1.29 is 4.74 Å². The van der Waals surface area contributed by atoms with Crippen LogP contribution in [0, 0.1) is 0 Å². The highest BCUT2D eigenvalue weighted by Crippen LogP contribution is 2.31. The lowest BCUT2D eigenvalue weighted by Crippen LogP contribution is -2.22. The molecular weight excluding hydrogens is 336 g/mol. The van der Waals surface area contributed by atoms with Gasteiger partial charge in [-0.15, -0.1) is 10.2 Å². The Morgan fingerprint density at radius 1 is 1.32 bits per heavy atom. The second-order valence-electron chi connectivity index (χ2n) is 6.28. The van der Waals surface area contributed by atoms with Crippen LogP contribution in [0.2, 0.25) is 0 Å². The number of rotatable bonds is 4. The van der Waals surface area contributed by atoms with Crippen molar-refractivity contribution in [2.75, 3.05) is 12.3 Å². The minimum atomic E-state index is 0.0848. The van der Waals surface area contributed by atoms with Gasteiger partial charge in [0, 0.05) is 36.8 Å². The summed E-state index contributed by atoms with van der Waals surface area (Å²) in [7, 11) is 0. The van der Waals surface area contributed by atoms with Gasteiger partial charge in [0.2, 0.25) is 5.13 Å². The number of nitrogen functional groups attached to an aromatic ring is 1. The first kappa shape index (κ1) is 16.0. The third kappa shape index (κ3) is 3.22. The summed E-state index contributed by atoms with van der Waals surface area (Å²) in [5.41, 5.74) is 9.98. The molecule has 0 bridgehead atoms. The molecule has 130 valence electrons. The molecule has 2 aromatic heterocycles. The van der Waals surface area contributed by atoms with Crippen molar-refractivity contribution in [3.63, 3.8) is 0 Å². The van der Waals surface area contributed by atoms with Crippen LogP contribution in [0.3, 0.4) is 0 Å². The maximum atomic E-state index is 6.10. The van der Waals surface area contributed by atoms with E-state index in [2.05, 4.69) is 20.6 Å². The van der Waals surface area contributed by atoms with E-state index in [-0.39, 0.29) is 6.10 Å². The van der Waals surface area contributed by atoms with Gasteiger partial charge in [0.25, 0.3) is 0 Å². The summed E-state index contributed by atoms with van der Waals surface area (Å²) in [4.78, 5) is 0. The van der Waals surface area contributed by atoms with E-state index < -0.39 is 0 Å². The van der Waals surface area contributed by atoms with Crippen LogP contribution in [0.25, 0.3) is 15.7 Å². The van der Waals surface area contributed by atoms with Gasteiger partial charge in [-0.25, -0.2) is 4.68 Å². The summed E-state index contributed by atoms with van der Waals surface area (Å²) >= 11 is 1.49. The standard InChI is InChI=1S/C17H20N6OS/c1-10(2)24-15-4-3-11(7-13(15)18)16-20-21-17(25-16)23-9-12-8-19-6-5-14(12)22-23/h3-4,7,9-10,19H,5-6,8,18H2,1-2H3. The molecule has 0 saturated heterocycles. The van der Waals surface area contributed by atoms with Crippen LogP contribution >= 0.6 is 11.3 Å². The Labute approximate surface area is 149 Å². The van der Waals surface area contributed by atoms with E-state index >= 15 is 0 Å². The Balaban J connectivity index is 1.61. The molecule has 0 aliphatic carbocycles. The minimum Gasteiger partial charge on any atom is -0.489 e. The topological polar surface area (TPSA) is 90.9 Å². The van der Waals surface area contributed by atoms with Crippen molar-refractivity contribution in [2.45, 2.75) is 32.9 Å². The van der Waals surface area contributed by atoms with Crippen molar-refractivity contribution in [3.8, 4) is 21.5 Å². The molecule has 1 aliphatic heterocycles. The number of hydrogen-bond acceptors (Lipinski definition) is 7. The zero-order valence-electron chi connectivity index (χ0n) is 14.2. The van der Waals surface area contributed by atoms with Crippen LogP contribution in [0.5, 0.6) is 5.75 Å². The van der Waals surface area contributed by atoms with Gasteiger partial charge in [-0.05, 0) is 32.0 Å². The zero-order chi connectivity index (χ0) is 17.4. The predicted octanol–water partition coefficient (Wildman–Crippen LogP) is 2.41. The van der Waals surface area contributed by atoms with E-state index in [1.54, 1.807) is 0 Å². The SMILES string of the molecule is CC(C)Oc1ccc(-c2nnc(-n3cc4c(n3)CCNC4)s2)cc1N. The van der Waals surface area contributed by atoms with Crippen molar-refractivity contribution in [1.82, 2.24) is 25.3 Å². The van der Waals surface area contributed by atoms with Crippen LogP contribution in [0.4, 0.5) is 5.69 Å². The number of nitrogens with two attached hydrogens (primary N) is 1. The maximum Gasteiger partial charge on any atom is 0.233 e. The number of ether oxygens (including phenoxy) is 1. The smallest absolute Gasteiger partial charge is 0.233 e. The number of nitrogens with zero attached hydrogens (tertiary/aromatic N) is 4. The lowest BCUT2D eigenvalue weighted by atomic mass is 10.1. The normalized spacial score (nSPS) is 13.9. The maximum absolute atomic E-state index is 6.10. The molecule has 0 radical (unpaired) electrons. The molecule has 0 saturated carbocycles. The van der Waals surface area contributed by atoms with Gasteiger partial charge in [-0.3, -0.25) is 0 Å². The highest BCUT2D eigenvalue weighted by molar-refractivity contribution is 7.17. The molecule has 3 aromatic rings. The molecule has 0 fully saturated rings. The third-order valence-electron chi connectivity index (χ3n) is 3.96. The number of aromatic nitrogens is 4. The number of benzene rings is 1. The summed E-state index contributed by atoms with van der Waals surface area (Å²) in [6, 6.07) is 5.71. The van der Waals surface area contributed by atoms with Crippen molar-refractivity contribution in [1.29, 1.82) is 0 Å². The highest BCUT2D eigenvalue weighted by Gasteiger charge is 2.16. The van der Waals surface area contributed by atoms with Gasteiger partial charge in [-0.2, -0.15) is 5.10 Å². The summed E-state index contributed by atoms with van der Waals surface area (Å²) in [5.74, 6) is 0.691. The highest BCUT2D eigenvalue weighted by atomic mass is 32.1. The summed E-state index contributed by atoms with van der Waals surface area (Å²) < 4.78 is 7.50. The first-order chi connectivity index (χ1) is 12.1. The molecular formula is C17H20N6OS. The van der Waals surface area contributed by atoms with Crippen LogP contribution < -0.4 is 15.8 Å². The minimum absolute atomic E-state index is 0.0848. The molecule has 4 rings (SSSR count). The fourth-order valence-electron chi connectivity index (χ4n) is 2.80. The van der Waals surface area contributed by atoms with Crippen molar-refractivity contribution in [3.05, 3.63) is 35.7 Å². The molecule has 0 spiro atoms. The first-order valence-electron chi connectivity index (χ1n) is 8.28. The van der Waals surface area contributed by atoms with Gasteiger partial charge in [0.15, 0.2) is 0 Å². The van der Waals surface area contributed by atoms with E-state index in [1.807, 2.05) is 42.9 Å². The summed E-state index contributed by atoms with van der Waals surface area (Å²) in [6.45, 7) is 5.78. The fraction of sp³-hybridized carbons (Fsp3) is 0.353. The number of fused-ring (bicyclic) bond motifs is 1. The zero-order valence-corrected chi connectivity index (χ0v) is 15.0. The monoisotopic (exact) mass is 356 g/mol. The van der Waals surface area contributed by atoms with Gasteiger partial charge in [0.1, 0.15) is 10.8 Å². The van der Waals surface area contributed by atoms with E-state index in [9.17, 15) is 0 Å². The molecule has 7 nitrogen and oxygen atoms in total. The molecule has 8 heteroatoms. The van der Waals surface area contributed by atoms with Gasteiger partial charge < -0.3 is 15.8 Å². The molecule has 1 aliphatic rings. The van der Waals surface area contributed by atoms with Gasteiger partial charge >= 0.3 is 0 Å². The molecule has 25 heavy (non-hydrogen) atoms. The average Bonchev–Trinajstić information content (AvgIpc) is 3.22. The van der Waals surface area contributed by atoms with E-state index in [0.29, 0.717) is 11.4 Å². The number of hydrogen-bond donors (Lipinski definition) is 2. The van der Waals surface area contributed by atoms with E-state index in [1.165, 1.54) is 16.9 Å². The third-order valence-corrected chi connectivity index (χ3v) is 4.92. The van der Waals surface area contributed by atoms with Gasteiger partial charge in [0.05, 0.1) is 17.5 Å². The van der Waals surface area contributed by atoms with Crippen LogP contribution in [-0.2, 0) is 13.0 Å². The Morgan fingerprint density at radius 3 is 2.96 bits per heavy atom.